The van der Waals surface area contributed by atoms with E-state index in [-0.39, 0.29) is 23.4 Å². The second kappa shape index (κ2) is 5.78. The maximum Gasteiger partial charge on any atom is 0.163 e. The zero-order chi connectivity index (χ0) is 20.6. The molecular formula is C27H28O2. The van der Waals surface area contributed by atoms with Gasteiger partial charge in [0.05, 0.1) is 5.41 Å². The first kappa shape index (κ1) is 18.5. The first-order valence-electron chi connectivity index (χ1n) is 10.8. The van der Waals surface area contributed by atoms with Gasteiger partial charge in [-0.05, 0) is 49.0 Å². The van der Waals surface area contributed by atoms with Gasteiger partial charge in [0.25, 0.3) is 0 Å². The van der Waals surface area contributed by atoms with Crippen LogP contribution in [0.1, 0.15) is 57.2 Å². The molecule has 29 heavy (non-hydrogen) atoms. The summed E-state index contributed by atoms with van der Waals surface area (Å²) in [6, 6.07) is 19.0. The third-order valence-electron chi connectivity index (χ3n) is 8.49. The van der Waals surface area contributed by atoms with Crippen LogP contribution >= 0.6 is 0 Å². The Hall–Kier alpha value is -2.48. The van der Waals surface area contributed by atoms with Crippen molar-refractivity contribution in [1.29, 1.82) is 0 Å². The lowest BCUT2D eigenvalue weighted by atomic mass is 9.40. The number of ketones is 2. The Morgan fingerprint density at radius 1 is 0.897 bits per heavy atom. The summed E-state index contributed by atoms with van der Waals surface area (Å²) in [4.78, 5) is 27.8. The van der Waals surface area contributed by atoms with Gasteiger partial charge >= 0.3 is 0 Å². The monoisotopic (exact) mass is 384 g/mol. The SMILES string of the molecule is CC[C@@H]1C(=O)[C@]2(C)c3ccccc3[C@@]3(c4ccccc4)C=C(C)C(=O)[C@@H]2[C@@]13CC. The molecule has 2 aromatic carbocycles. The Bertz CT molecular complexity index is 1060. The molecule has 4 bridgehead atoms. The van der Waals surface area contributed by atoms with Gasteiger partial charge in [0.2, 0.25) is 0 Å². The predicted molar refractivity (Wildman–Crippen MR) is 115 cm³/mol. The minimum Gasteiger partial charge on any atom is -0.298 e. The molecule has 3 aliphatic rings. The average Bonchev–Trinajstić information content (AvgIpc) is 2.93. The van der Waals surface area contributed by atoms with Gasteiger partial charge in [0, 0.05) is 22.7 Å². The van der Waals surface area contributed by atoms with Crippen molar-refractivity contribution < 1.29 is 9.59 Å². The Morgan fingerprint density at radius 3 is 2.14 bits per heavy atom. The van der Waals surface area contributed by atoms with Crippen molar-refractivity contribution in [3.8, 4) is 0 Å². The Morgan fingerprint density at radius 2 is 1.52 bits per heavy atom. The molecule has 2 aromatic rings. The molecule has 1 fully saturated rings. The number of benzene rings is 2. The van der Waals surface area contributed by atoms with Crippen molar-refractivity contribution in [1.82, 2.24) is 0 Å². The van der Waals surface area contributed by atoms with Gasteiger partial charge in [-0.3, -0.25) is 9.59 Å². The molecule has 1 saturated carbocycles. The zero-order valence-electron chi connectivity index (χ0n) is 17.7. The molecule has 0 spiro atoms. The molecule has 5 rings (SSSR count). The van der Waals surface area contributed by atoms with Crippen LogP contribution in [0.4, 0.5) is 0 Å². The number of fused-ring (bicyclic) bond motifs is 3. The Kier molecular flexibility index (Phi) is 3.70. The van der Waals surface area contributed by atoms with Crippen molar-refractivity contribution in [3.05, 3.63) is 82.9 Å². The van der Waals surface area contributed by atoms with E-state index in [0.29, 0.717) is 0 Å². The molecule has 0 N–H and O–H groups in total. The minimum atomic E-state index is -0.752. The lowest BCUT2D eigenvalue weighted by Gasteiger charge is -2.60. The third-order valence-corrected chi connectivity index (χ3v) is 8.49. The summed E-state index contributed by atoms with van der Waals surface area (Å²) in [5.74, 6) is -0.0192. The van der Waals surface area contributed by atoms with E-state index >= 15 is 0 Å². The third kappa shape index (κ3) is 1.76. The summed E-state index contributed by atoms with van der Waals surface area (Å²) in [5.41, 5.74) is 2.61. The molecule has 0 unspecified atom stereocenters. The van der Waals surface area contributed by atoms with Crippen LogP contribution in [0.25, 0.3) is 0 Å². The number of Topliss-reactive ketones (excluding diaryl/α,β-unsaturated/α-hetero) is 2. The summed E-state index contributed by atoms with van der Waals surface area (Å²) in [6.07, 6.45) is 3.78. The molecule has 0 saturated heterocycles. The molecule has 148 valence electrons. The highest BCUT2D eigenvalue weighted by Crippen LogP contribution is 2.74. The molecule has 0 aromatic heterocycles. The van der Waals surface area contributed by atoms with Crippen LogP contribution in [0, 0.1) is 17.3 Å². The van der Waals surface area contributed by atoms with Crippen LogP contribution in [0.2, 0.25) is 0 Å². The van der Waals surface area contributed by atoms with E-state index in [9.17, 15) is 9.59 Å². The van der Waals surface area contributed by atoms with Gasteiger partial charge in [0.15, 0.2) is 5.78 Å². The lowest BCUT2D eigenvalue weighted by molar-refractivity contribution is -0.131. The number of hydrogen-bond donors (Lipinski definition) is 0. The van der Waals surface area contributed by atoms with Gasteiger partial charge in [-0.1, -0.05) is 74.5 Å². The fraction of sp³-hybridized carbons (Fsp3) is 0.407. The normalized spacial score (nSPS) is 37.3. The van der Waals surface area contributed by atoms with Gasteiger partial charge in [-0.15, -0.1) is 0 Å². The van der Waals surface area contributed by atoms with E-state index in [4.69, 9.17) is 0 Å². The first-order chi connectivity index (χ1) is 13.9. The number of carbonyl (C=O) groups is 2. The van der Waals surface area contributed by atoms with Crippen molar-refractivity contribution in [2.24, 2.45) is 17.3 Å². The van der Waals surface area contributed by atoms with Crippen molar-refractivity contribution in [2.45, 2.75) is 51.4 Å². The highest BCUT2D eigenvalue weighted by Gasteiger charge is 2.78. The largest absolute Gasteiger partial charge is 0.298 e. The van der Waals surface area contributed by atoms with Crippen LogP contribution < -0.4 is 0 Å². The topological polar surface area (TPSA) is 34.1 Å². The highest BCUT2D eigenvalue weighted by molar-refractivity contribution is 6.11. The van der Waals surface area contributed by atoms with Crippen LogP contribution in [0.5, 0.6) is 0 Å². The van der Waals surface area contributed by atoms with E-state index in [1.807, 2.05) is 26.0 Å². The second-order valence-electron chi connectivity index (χ2n) is 9.27. The Balaban J connectivity index is 2.06. The molecule has 2 nitrogen and oxygen atoms in total. The van der Waals surface area contributed by atoms with E-state index in [1.54, 1.807) is 0 Å². The summed E-state index contributed by atoms with van der Waals surface area (Å²) >= 11 is 0. The molecule has 0 aliphatic heterocycles. The number of allylic oxidation sites excluding steroid dienone is 2. The van der Waals surface area contributed by atoms with Gasteiger partial charge in [-0.25, -0.2) is 0 Å². The van der Waals surface area contributed by atoms with E-state index in [1.165, 1.54) is 11.1 Å². The number of rotatable bonds is 3. The first-order valence-corrected chi connectivity index (χ1v) is 10.8. The molecular weight excluding hydrogens is 356 g/mol. The van der Waals surface area contributed by atoms with Crippen LogP contribution in [0.3, 0.4) is 0 Å². The molecule has 2 heteroatoms. The number of carbonyl (C=O) groups excluding carboxylic acids is 2. The summed E-state index contributed by atoms with van der Waals surface area (Å²) in [7, 11) is 0. The fourth-order valence-electron chi connectivity index (χ4n) is 7.60. The maximum absolute atomic E-state index is 14.1. The van der Waals surface area contributed by atoms with Gasteiger partial charge in [-0.2, -0.15) is 0 Å². The van der Waals surface area contributed by atoms with E-state index < -0.39 is 16.2 Å². The summed E-state index contributed by atoms with van der Waals surface area (Å²) in [6.45, 7) is 8.29. The van der Waals surface area contributed by atoms with Crippen LogP contribution in [-0.2, 0) is 20.4 Å². The Labute approximate surface area is 173 Å². The lowest BCUT2D eigenvalue weighted by Crippen LogP contribution is -2.61. The maximum atomic E-state index is 14.1. The van der Waals surface area contributed by atoms with E-state index in [0.717, 1.165) is 24.0 Å². The van der Waals surface area contributed by atoms with Crippen molar-refractivity contribution >= 4 is 11.6 Å². The van der Waals surface area contributed by atoms with Crippen LogP contribution in [0.15, 0.2) is 66.2 Å². The van der Waals surface area contributed by atoms with Crippen molar-refractivity contribution in [2.75, 3.05) is 0 Å². The highest BCUT2D eigenvalue weighted by atomic mass is 16.1. The number of hydrogen-bond acceptors (Lipinski definition) is 2. The molecule has 0 amide bonds. The quantitative estimate of drug-likeness (QED) is 0.710. The molecule has 0 radical (unpaired) electrons. The van der Waals surface area contributed by atoms with Crippen LogP contribution in [-0.4, -0.2) is 11.6 Å². The zero-order valence-corrected chi connectivity index (χ0v) is 17.7. The average molecular weight is 385 g/mol. The molecule has 0 heterocycles. The van der Waals surface area contributed by atoms with Crippen molar-refractivity contribution in [3.63, 3.8) is 0 Å². The van der Waals surface area contributed by atoms with Gasteiger partial charge < -0.3 is 0 Å². The van der Waals surface area contributed by atoms with E-state index in [2.05, 4.69) is 62.4 Å². The van der Waals surface area contributed by atoms with Gasteiger partial charge in [0.1, 0.15) is 5.78 Å². The fourth-order valence-corrected chi connectivity index (χ4v) is 7.60. The molecule has 3 aliphatic carbocycles. The predicted octanol–water partition coefficient (Wildman–Crippen LogP) is 5.39. The standard InChI is InChI=1S/C27H28O2/c1-5-19-24(29)25(4)20-14-10-11-15-21(20)27(18-12-8-7-9-13-18)16-17(3)22(28)23(25)26(19,27)6-2/h7-16,19,23H,5-6H2,1-4H3/t19-,23+,25-,26-,27+/m1/s1. The summed E-state index contributed by atoms with van der Waals surface area (Å²) in [5, 5.41) is 0. The second-order valence-corrected chi connectivity index (χ2v) is 9.27. The molecule has 5 atom stereocenters. The smallest absolute Gasteiger partial charge is 0.163 e. The minimum absolute atomic E-state index is 0.136. The summed E-state index contributed by atoms with van der Waals surface area (Å²) < 4.78 is 0.